The van der Waals surface area contributed by atoms with E-state index in [1.165, 1.54) is 37.7 Å². The fourth-order valence-electron chi connectivity index (χ4n) is 2.59. The number of carbonyl (C=O) groups is 2. The number of carbonyl (C=O) groups excluding carboxylic acids is 2. The maximum atomic E-state index is 12.5. The predicted molar refractivity (Wildman–Crippen MR) is 96.6 cm³/mol. The van der Waals surface area contributed by atoms with Crippen LogP contribution in [0.3, 0.4) is 0 Å². The SMILES string of the molecule is CC(=O)c1cccc(NC(=O)c2ccc3c(=O)n(C)c(=O)n(C)c3n2)c1. The summed E-state index contributed by atoms with van der Waals surface area (Å²) in [5.74, 6) is -0.628. The molecule has 1 aromatic carbocycles. The molecule has 1 N–H and O–H groups in total. The molecule has 8 nitrogen and oxygen atoms in total. The van der Waals surface area contributed by atoms with Crippen LogP contribution in [0.4, 0.5) is 5.69 Å². The highest BCUT2D eigenvalue weighted by atomic mass is 16.2. The number of fused-ring (bicyclic) bond motifs is 1. The van der Waals surface area contributed by atoms with E-state index in [0.29, 0.717) is 11.3 Å². The average molecular weight is 352 g/mol. The molecule has 0 unspecified atom stereocenters. The number of amides is 1. The number of hydrogen-bond acceptors (Lipinski definition) is 5. The molecule has 0 aliphatic carbocycles. The third-order valence-corrected chi connectivity index (χ3v) is 4.06. The third kappa shape index (κ3) is 2.92. The van der Waals surface area contributed by atoms with E-state index >= 15 is 0 Å². The van der Waals surface area contributed by atoms with Gasteiger partial charge in [-0.2, -0.15) is 0 Å². The van der Waals surface area contributed by atoms with Gasteiger partial charge in [-0.3, -0.25) is 23.5 Å². The highest BCUT2D eigenvalue weighted by molar-refractivity contribution is 6.04. The lowest BCUT2D eigenvalue weighted by Crippen LogP contribution is -2.37. The van der Waals surface area contributed by atoms with E-state index in [4.69, 9.17) is 0 Å². The Hall–Kier alpha value is -3.55. The fourth-order valence-corrected chi connectivity index (χ4v) is 2.59. The second-order valence-corrected chi connectivity index (χ2v) is 5.86. The molecule has 0 aliphatic rings. The molecule has 1 amide bonds. The van der Waals surface area contributed by atoms with Gasteiger partial charge in [0.2, 0.25) is 0 Å². The van der Waals surface area contributed by atoms with E-state index in [-0.39, 0.29) is 22.5 Å². The van der Waals surface area contributed by atoms with Crippen molar-refractivity contribution in [2.75, 3.05) is 5.32 Å². The lowest BCUT2D eigenvalue weighted by Gasteiger charge is -2.09. The van der Waals surface area contributed by atoms with Gasteiger partial charge in [0.1, 0.15) is 11.3 Å². The lowest BCUT2D eigenvalue weighted by atomic mass is 10.1. The van der Waals surface area contributed by atoms with Crippen molar-refractivity contribution in [2.24, 2.45) is 14.1 Å². The number of nitrogens with zero attached hydrogens (tertiary/aromatic N) is 3. The number of anilines is 1. The van der Waals surface area contributed by atoms with Crippen molar-refractivity contribution in [1.29, 1.82) is 0 Å². The Morgan fingerprint density at radius 1 is 1.04 bits per heavy atom. The summed E-state index contributed by atoms with van der Waals surface area (Å²) in [5.41, 5.74) is 0.0956. The number of pyridine rings is 1. The van der Waals surface area contributed by atoms with Crippen molar-refractivity contribution < 1.29 is 9.59 Å². The predicted octanol–water partition coefficient (Wildman–Crippen LogP) is 1.09. The topological polar surface area (TPSA) is 103 Å². The normalized spacial score (nSPS) is 10.7. The van der Waals surface area contributed by atoms with Crippen LogP contribution in [0.2, 0.25) is 0 Å². The fraction of sp³-hybridized carbons (Fsp3) is 0.167. The van der Waals surface area contributed by atoms with Gasteiger partial charge in [-0.15, -0.1) is 0 Å². The molecule has 3 aromatic rings. The zero-order chi connectivity index (χ0) is 19.0. The molecule has 132 valence electrons. The van der Waals surface area contributed by atoms with Gasteiger partial charge >= 0.3 is 5.69 Å². The molecule has 0 spiro atoms. The quantitative estimate of drug-likeness (QED) is 0.711. The Kier molecular flexibility index (Phi) is 4.25. The molecule has 2 aromatic heterocycles. The Labute approximate surface area is 147 Å². The summed E-state index contributed by atoms with van der Waals surface area (Å²) in [4.78, 5) is 52.2. The van der Waals surface area contributed by atoms with Gasteiger partial charge in [-0.25, -0.2) is 9.78 Å². The summed E-state index contributed by atoms with van der Waals surface area (Å²) in [5, 5.41) is 2.89. The van der Waals surface area contributed by atoms with Crippen LogP contribution in [-0.2, 0) is 14.1 Å². The van der Waals surface area contributed by atoms with Crippen LogP contribution in [0.25, 0.3) is 11.0 Å². The smallest absolute Gasteiger partial charge is 0.321 e. The van der Waals surface area contributed by atoms with Crippen LogP contribution < -0.4 is 16.6 Å². The number of aryl methyl sites for hydroxylation is 1. The number of ketones is 1. The second kappa shape index (κ2) is 6.40. The van der Waals surface area contributed by atoms with Gasteiger partial charge in [0, 0.05) is 25.3 Å². The van der Waals surface area contributed by atoms with Gasteiger partial charge in [0.15, 0.2) is 5.78 Å². The van der Waals surface area contributed by atoms with Crippen LogP contribution in [-0.4, -0.2) is 25.8 Å². The summed E-state index contributed by atoms with van der Waals surface area (Å²) in [6.45, 7) is 1.44. The standard InChI is InChI=1S/C18H16N4O4/c1-10(23)11-5-4-6-12(9-11)19-16(24)14-8-7-13-15(20-14)21(2)18(26)22(3)17(13)25/h4-9H,1-3H3,(H,19,24). The maximum Gasteiger partial charge on any atom is 0.332 e. The van der Waals surface area contributed by atoms with Crippen molar-refractivity contribution in [1.82, 2.24) is 14.1 Å². The Morgan fingerprint density at radius 2 is 1.77 bits per heavy atom. The highest BCUT2D eigenvalue weighted by Gasteiger charge is 2.14. The summed E-state index contributed by atoms with van der Waals surface area (Å²) < 4.78 is 2.20. The summed E-state index contributed by atoms with van der Waals surface area (Å²) in [6, 6.07) is 9.40. The van der Waals surface area contributed by atoms with E-state index in [2.05, 4.69) is 10.3 Å². The molecule has 0 saturated heterocycles. The lowest BCUT2D eigenvalue weighted by molar-refractivity contribution is 0.100. The van der Waals surface area contributed by atoms with E-state index in [0.717, 1.165) is 4.57 Å². The van der Waals surface area contributed by atoms with Crippen molar-refractivity contribution in [2.45, 2.75) is 6.92 Å². The number of nitrogens with one attached hydrogen (secondary N) is 1. The molecular formula is C18H16N4O4. The zero-order valence-electron chi connectivity index (χ0n) is 14.4. The minimum Gasteiger partial charge on any atom is -0.321 e. The molecule has 0 bridgehead atoms. The Balaban J connectivity index is 2.02. The number of rotatable bonds is 3. The zero-order valence-corrected chi connectivity index (χ0v) is 14.4. The first-order valence-corrected chi connectivity index (χ1v) is 7.78. The molecule has 0 saturated carbocycles. The first-order valence-electron chi connectivity index (χ1n) is 7.78. The molecule has 26 heavy (non-hydrogen) atoms. The average Bonchev–Trinajstić information content (AvgIpc) is 2.64. The van der Waals surface area contributed by atoms with Crippen molar-refractivity contribution >= 4 is 28.4 Å². The highest BCUT2D eigenvalue weighted by Crippen LogP contribution is 2.13. The summed E-state index contributed by atoms with van der Waals surface area (Å²) >= 11 is 0. The number of benzene rings is 1. The first-order chi connectivity index (χ1) is 12.3. The van der Waals surface area contributed by atoms with Crippen molar-refractivity contribution in [3.8, 4) is 0 Å². The molecule has 0 atom stereocenters. The van der Waals surface area contributed by atoms with Gasteiger partial charge < -0.3 is 5.32 Å². The van der Waals surface area contributed by atoms with Crippen LogP contribution in [0, 0.1) is 0 Å². The minimum absolute atomic E-state index is 0.0500. The maximum absolute atomic E-state index is 12.5. The summed E-state index contributed by atoms with van der Waals surface area (Å²) in [6.07, 6.45) is 0. The van der Waals surface area contributed by atoms with Crippen LogP contribution in [0.1, 0.15) is 27.8 Å². The summed E-state index contributed by atoms with van der Waals surface area (Å²) in [7, 11) is 2.86. The van der Waals surface area contributed by atoms with E-state index in [1.54, 1.807) is 24.3 Å². The van der Waals surface area contributed by atoms with Crippen LogP contribution in [0.15, 0.2) is 46.0 Å². The van der Waals surface area contributed by atoms with Gasteiger partial charge in [-0.05, 0) is 31.2 Å². The number of hydrogen-bond donors (Lipinski definition) is 1. The largest absolute Gasteiger partial charge is 0.332 e. The van der Waals surface area contributed by atoms with Crippen molar-refractivity contribution in [3.63, 3.8) is 0 Å². The molecular weight excluding hydrogens is 336 g/mol. The van der Waals surface area contributed by atoms with Gasteiger partial charge in [0.25, 0.3) is 11.5 Å². The Morgan fingerprint density at radius 3 is 2.46 bits per heavy atom. The molecule has 0 aliphatic heterocycles. The Bertz CT molecular complexity index is 1170. The minimum atomic E-state index is -0.526. The number of aromatic nitrogens is 3. The molecule has 8 heteroatoms. The molecule has 2 heterocycles. The molecule has 3 rings (SSSR count). The van der Waals surface area contributed by atoms with E-state index in [1.807, 2.05) is 0 Å². The monoisotopic (exact) mass is 352 g/mol. The van der Waals surface area contributed by atoms with E-state index < -0.39 is 17.2 Å². The van der Waals surface area contributed by atoms with Gasteiger partial charge in [0.05, 0.1) is 5.39 Å². The number of Topliss-reactive ketones (excluding diaryl/α,β-unsaturated/α-hetero) is 1. The first kappa shape index (κ1) is 17.3. The molecule has 0 radical (unpaired) electrons. The van der Waals surface area contributed by atoms with Crippen molar-refractivity contribution in [3.05, 3.63) is 68.5 Å². The van der Waals surface area contributed by atoms with Crippen LogP contribution in [0.5, 0.6) is 0 Å². The van der Waals surface area contributed by atoms with Gasteiger partial charge in [-0.1, -0.05) is 12.1 Å². The van der Waals surface area contributed by atoms with Crippen LogP contribution >= 0.6 is 0 Å². The van der Waals surface area contributed by atoms with E-state index in [9.17, 15) is 19.2 Å². The molecule has 0 fully saturated rings. The third-order valence-electron chi connectivity index (χ3n) is 4.06. The second-order valence-electron chi connectivity index (χ2n) is 5.86.